The zero-order valence-electron chi connectivity index (χ0n) is 34.3. The maximum atomic E-state index is 11.6. The number of thioether (sulfide) groups is 2. The second kappa shape index (κ2) is 17.0. The van der Waals surface area contributed by atoms with Gasteiger partial charge >= 0.3 is 0 Å². The van der Waals surface area contributed by atoms with Crippen molar-refractivity contribution in [2.45, 2.75) is 89.0 Å². The smallest absolute Gasteiger partial charge is 0.218 e. The average molecular weight is 898 g/mol. The Morgan fingerprint density at radius 2 is 0.931 bits per heavy atom. The predicted octanol–water partition coefficient (Wildman–Crippen LogP) is 10.2. The molecule has 17 heteroatoms. The van der Waals surface area contributed by atoms with Crippen molar-refractivity contribution in [2.75, 3.05) is 18.8 Å². The standard InChI is InChI=1S/C14H16N4OS.C14H16N4S.C13H13BrN4S/c1-8(2)18-7-16-11-9(3)5-10-6-15-14(20(4)19)17-12(10)13(11)18;1-8(2)18-7-16-11-9(3)5-10-6-15-14(19-4)17-12(10)13(11)18;1-7(2)18-6-16-11-9(14)4-8-5-15-13(19-3)17-10(8)12(11)18/h5-8H,1-4H3;5-8H,1-4H3;4-7H,1-3H3. The van der Waals surface area contributed by atoms with Crippen molar-refractivity contribution >= 4 is 116 Å². The Kier molecular flexibility index (Phi) is 12.2. The molecule has 13 nitrogen and oxygen atoms in total. The van der Waals surface area contributed by atoms with Crippen LogP contribution in [0.4, 0.5) is 0 Å². The second-order valence-electron chi connectivity index (χ2n) is 14.7. The summed E-state index contributed by atoms with van der Waals surface area (Å²) in [7, 11) is -1.19. The highest BCUT2D eigenvalue weighted by molar-refractivity contribution is 9.10. The summed E-state index contributed by atoms with van der Waals surface area (Å²) in [5.74, 6) is 0. The maximum Gasteiger partial charge on any atom is 0.218 e. The Labute approximate surface area is 355 Å². The Morgan fingerprint density at radius 3 is 1.34 bits per heavy atom. The largest absolute Gasteiger partial charge is 0.326 e. The van der Waals surface area contributed by atoms with Crippen molar-refractivity contribution in [1.29, 1.82) is 0 Å². The molecule has 3 aromatic carbocycles. The molecule has 9 aromatic rings. The molecule has 1 atom stereocenters. The van der Waals surface area contributed by atoms with Gasteiger partial charge in [0.05, 0.1) is 57.4 Å². The zero-order chi connectivity index (χ0) is 41.6. The summed E-state index contributed by atoms with van der Waals surface area (Å²) in [6.45, 7) is 16.9. The third kappa shape index (κ3) is 7.80. The zero-order valence-corrected chi connectivity index (χ0v) is 38.3. The fraction of sp³-hybridized carbons (Fsp3) is 0.341. The van der Waals surface area contributed by atoms with Crippen LogP contribution in [-0.4, -0.2) is 81.5 Å². The maximum absolute atomic E-state index is 11.6. The van der Waals surface area contributed by atoms with Crippen LogP contribution in [0, 0.1) is 13.8 Å². The molecule has 0 bridgehead atoms. The van der Waals surface area contributed by atoms with Crippen LogP contribution in [0.3, 0.4) is 0 Å². The fourth-order valence-electron chi connectivity index (χ4n) is 6.87. The van der Waals surface area contributed by atoms with E-state index in [4.69, 9.17) is 0 Å². The van der Waals surface area contributed by atoms with Gasteiger partial charge in [0.2, 0.25) is 5.16 Å². The molecule has 300 valence electrons. The van der Waals surface area contributed by atoms with Crippen molar-refractivity contribution in [1.82, 2.24) is 58.6 Å². The first-order chi connectivity index (χ1) is 27.7. The van der Waals surface area contributed by atoms with E-state index in [9.17, 15) is 4.21 Å². The normalized spacial score (nSPS) is 12.4. The van der Waals surface area contributed by atoms with E-state index in [0.29, 0.717) is 17.2 Å². The van der Waals surface area contributed by atoms with Gasteiger partial charge in [0, 0.05) is 63.6 Å². The van der Waals surface area contributed by atoms with Crippen LogP contribution < -0.4 is 0 Å². The Balaban J connectivity index is 0.000000132. The highest BCUT2D eigenvalue weighted by atomic mass is 79.9. The Bertz CT molecular complexity index is 2880. The summed E-state index contributed by atoms with van der Waals surface area (Å²) in [5, 5.41) is 5.00. The lowest BCUT2D eigenvalue weighted by Crippen LogP contribution is -2.02. The summed E-state index contributed by atoms with van der Waals surface area (Å²) >= 11 is 6.69. The van der Waals surface area contributed by atoms with Gasteiger partial charge in [-0.3, -0.25) is 4.21 Å². The lowest BCUT2D eigenvalue weighted by atomic mass is 10.1. The van der Waals surface area contributed by atoms with Gasteiger partial charge in [-0.05, 0) is 113 Å². The van der Waals surface area contributed by atoms with Gasteiger partial charge < -0.3 is 13.7 Å². The molecular formula is C41H45BrN12OS3. The molecule has 6 aromatic heterocycles. The molecule has 1 unspecified atom stereocenters. The van der Waals surface area contributed by atoms with Gasteiger partial charge in [0.25, 0.3) is 0 Å². The molecule has 0 spiro atoms. The summed E-state index contributed by atoms with van der Waals surface area (Å²) in [4.78, 5) is 40.2. The van der Waals surface area contributed by atoms with Crippen molar-refractivity contribution in [3.8, 4) is 0 Å². The molecule has 58 heavy (non-hydrogen) atoms. The van der Waals surface area contributed by atoms with E-state index in [-0.39, 0.29) is 6.04 Å². The molecule has 0 N–H and O–H groups in total. The minimum absolute atomic E-state index is 0.288. The molecule has 6 heterocycles. The molecule has 0 radical (unpaired) electrons. The summed E-state index contributed by atoms with van der Waals surface area (Å²) in [6.07, 6.45) is 16.7. The molecule has 0 aliphatic rings. The van der Waals surface area contributed by atoms with Crippen molar-refractivity contribution in [3.63, 3.8) is 0 Å². The van der Waals surface area contributed by atoms with Gasteiger partial charge in [0.15, 0.2) is 10.3 Å². The van der Waals surface area contributed by atoms with E-state index >= 15 is 0 Å². The number of aryl methyl sites for hydroxylation is 2. The van der Waals surface area contributed by atoms with E-state index in [1.807, 2.05) is 62.9 Å². The predicted molar refractivity (Wildman–Crippen MR) is 243 cm³/mol. The van der Waals surface area contributed by atoms with E-state index in [1.54, 1.807) is 36.0 Å². The Hall–Kier alpha value is -4.58. The SMILES string of the molecule is CSc1ncc2cc(Br)c3ncn(C(C)C)c3c2n1.CSc1ncc2cc(C)c3ncn(C(C)C)c3c2n1.Cc1cc2cnc(S(C)=O)nc2c2c1ncn2C(C)C. The van der Waals surface area contributed by atoms with Gasteiger partial charge in [-0.1, -0.05) is 23.5 Å². The third-order valence-corrected chi connectivity index (χ3v) is 12.2. The molecule has 0 saturated carbocycles. The van der Waals surface area contributed by atoms with Crippen LogP contribution in [0.1, 0.15) is 70.8 Å². The average Bonchev–Trinajstić information content (AvgIpc) is 3.97. The number of halogens is 1. The van der Waals surface area contributed by atoms with Gasteiger partial charge in [-0.15, -0.1) is 0 Å². The molecule has 0 fully saturated rings. The minimum atomic E-state index is -1.19. The number of aromatic nitrogens is 12. The van der Waals surface area contributed by atoms with Crippen molar-refractivity contribution < 1.29 is 4.21 Å². The number of hydrogen-bond donors (Lipinski definition) is 0. The quantitative estimate of drug-likeness (QED) is 0.116. The van der Waals surface area contributed by atoms with E-state index in [2.05, 4.69) is 129 Å². The first-order valence-electron chi connectivity index (χ1n) is 18.7. The van der Waals surface area contributed by atoms with Crippen LogP contribution in [0.2, 0.25) is 0 Å². The lowest BCUT2D eigenvalue weighted by Gasteiger charge is -2.10. The molecular weight excluding hydrogens is 853 g/mol. The van der Waals surface area contributed by atoms with E-state index in [1.165, 1.54) is 5.56 Å². The Morgan fingerprint density at radius 1 is 0.552 bits per heavy atom. The van der Waals surface area contributed by atoms with Crippen LogP contribution in [0.15, 0.2) is 75.7 Å². The summed E-state index contributed by atoms with van der Waals surface area (Å²) in [5.41, 5.74) is 11.1. The molecule has 0 aliphatic heterocycles. The first kappa shape index (κ1) is 41.6. The monoisotopic (exact) mass is 896 g/mol. The lowest BCUT2D eigenvalue weighted by molar-refractivity contribution is 0.618. The van der Waals surface area contributed by atoms with Crippen molar-refractivity contribution in [3.05, 3.63) is 71.4 Å². The van der Waals surface area contributed by atoms with Crippen LogP contribution in [-0.2, 0) is 10.8 Å². The topological polar surface area (TPSA) is 148 Å². The van der Waals surface area contributed by atoms with E-state index < -0.39 is 10.8 Å². The number of hydrogen-bond acceptors (Lipinski definition) is 12. The molecule has 0 aliphatic carbocycles. The fourth-order valence-corrected chi connectivity index (χ4v) is 8.51. The molecule has 0 saturated heterocycles. The molecule has 0 amide bonds. The van der Waals surface area contributed by atoms with Gasteiger partial charge in [0.1, 0.15) is 22.1 Å². The highest BCUT2D eigenvalue weighted by Crippen LogP contribution is 2.33. The number of imidazole rings is 3. The highest BCUT2D eigenvalue weighted by Gasteiger charge is 2.17. The molecule has 9 rings (SSSR count). The van der Waals surface area contributed by atoms with Crippen molar-refractivity contribution in [2.24, 2.45) is 0 Å². The summed E-state index contributed by atoms with van der Waals surface area (Å²) in [6, 6.07) is 7.16. The third-order valence-electron chi connectivity index (χ3n) is 9.73. The number of benzene rings is 3. The minimum Gasteiger partial charge on any atom is -0.326 e. The second-order valence-corrected chi connectivity index (χ2v) is 18.4. The van der Waals surface area contributed by atoms with E-state index in [0.717, 1.165) is 86.2 Å². The van der Waals surface area contributed by atoms with Gasteiger partial charge in [-0.25, -0.2) is 44.9 Å². The van der Waals surface area contributed by atoms with Crippen LogP contribution in [0.5, 0.6) is 0 Å². The number of rotatable bonds is 6. The van der Waals surface area contributed by atoms with Crippen LogP contribution >= 0.6 is 39.5 Å². The number of fused-ring (bicyclic) bond motifs is 9. The van der Waals surface area contributed by atoms with Gasteiger partial charge in [-0.2, -0.15) is 0 Å². The van der Waals surface area contributed by atoms with Crippen LogP contribution in [0.25, 0.3) is 65.8 Å². The first-order valence-corrected chi connectivity index (χ1v) is 23.5. The summed E-state index contributed by atoms with van der Waals surface area (Å²) < 4.78 is 19.0. The number of nitrogens with zero attached hydrogens (tertiary/aromatic N) is 12.